The van der Waals surface area contributed by atoms with Gasteiger partial charge in [-0.1, -0.05) is 0 Å². The first-order valence-corrected chi connectivity index (χ1v) is 7.84. The Morgan fingerprint density at radius 1 is 1.36 bits per heavy atom. The molecule has 25 heavy (non-hydrogen) atoms. The van der Waals surface area contributed by atoms with Gasteiger partial charge in [0.15, 0.2) is 5.65 Å². The molecule has 3 N–H and O–H groups in total. The van der Waals surface area contributed by atoms with Gasteiger partial charge in [-0.05, 0) is 40.0 Å². The molecule has 0 fully saturated rings. The Kier molecular flexibility index (Phi) is 4.53. The molecule has 0 aliphatic rings. The molecular weight excluding hydrogens is 402 g/mol. The van der Waals surface area contributed by atoms with Crippen molar-refractivity contribution in [3.63, 3.8) is 0 Å². The molecule has 0 radical (unpaired) electrons. The van der Waals surface area contributed by atoms with E-state index in [9.17, 15) is 18.4 Å². The highest BCUT2D eigenvalue weighted by Crippen LogP contribution is 2.23. The number of H-pyrrole nitrogens is 1. The van der Waals surface area contributed by atoms with Crippen molar-refractivity contribution in [2.75, 3.05) is 0 Å². The Morgan fingerprint density at radius 2 is 2.04 bits per heavy atom. The van der Waals surface area contributed by atoms with Crippen LogP contribution < -0.4 is 10.9 Å². The minimum absolute atomic E-state index is 0.0445. The molecule has 0 unspecified atom stereocenters. The molecular formula is C15H11BrF2N4O3. The first-order chi connectivity index (χ1) is 11.8. The molecule has 1 amide bonds. The zero-order valence-corrected chi connectivity index (χ0v) is 14.0. The summed E-state index contributed by atoms with van der Waals surface area (Å²) in [5.41, 5.74) is 0.161. The average Bonchev–Trinajstić information content (AvgIpc) is 2.97. The summed E-state index contributed by atoms with van der Waals surface area (Å²) in [6.45, 7) is 0. The van der Waals surface area contributed by atoms with E-state index in [0.29, 0.717) is 0 Å². The van der Waals surface area contributed by atoms with E-state index in [1.165, 1.54) is 16.8 Å². The highest BCUT2D eigenvalue weighted by molar-refractivity contribution is 9.10. The lowest BCUT2D eigenvalue weighted by atomic mass is 10.0. The van der Waals surface area contributed by atoms with Crippen LogP contribution in [0.25, 0.3) is 5.65 Å². The lowest BCUT2D eigenvalue weighted by molar-refractivity contribution is 0.189. The summed E-state index contributed by atoms with van der Waals surface area (Å²) in [7, 11) is 0. The van der Waals surface area contributed by atoms with Crippen LogP contribution in [0, 0.1) is 11.6 Å². The number of halogens is 3. The van der Waals surface area contributed by atoms with E-state index >= 15 is 0 Å². The topological polar surface area (TPSA) is 99.5 Å². The average molecular weight is 413 g/mol. The van der Waals surface area contributed by atoms with Crippen molar-refractivity contribution in [1.82, 2.24) is 19.9 Å². The van der Waals surface area contributed by atoms with Crippen LogP contribution >= 0.6 is 15.9 Å². The molecule has 10 heteroatoms. The number of nitrogens with zero attached hydrogens (tertiary/aromatic N) is 2. The van der Waals surface area contributed by atoms with Gasteiger partial charge < -0.3 is 10.4 Å². The zero-order valence-electron chi connectivity index (χ0n) is 12.5. The Bertz CT molecular complexity index is 997. The number of rotatable bonds is 4. The fourth-order valence-corrected chi connectivity index (χ4v) is 3.06. The number of hydrogen-bond donors (Lipinski definition) is 3. The maximum absolute atomic E-state index is 13.4. The van der Waals surface area contributed by atoms with Gasteiger partial charge >= 0.3 is 6.09 Å². The van der Waals surface area contributed by atoms with Crippen LogP contribution in [0.2, 0.25) is 0 Å². The van der Waals surface area contributed by atoms with Crippen LogP contribution in [-0.4, -0.2) is 25.8 Å². The Hall–Kier alpha value is -2.75. The highest BCUT2D eigenvalue weighted by Gasteiger charge is 2.23. The summed E-state index contributed by atoms with van der Waals surface area (Å²) in [4.78, 5) is 27.7. The molecule has 0 aliphatic carbocycles. The van der Waals surface area contributed by atoms with Gasteiger partial charge in [0, 0.05) is 18.3 Å². The second-order valence-electron chi connectivity index (χ2n) is 5.26. The fraction of sp³-hybridized carbons (Fsp3) is 0.133. The van der Waals surface area contributed by atoms with Crippen molar-refractivity contribution in [2.45, 2.75) is 12.5 Å². The third-order valence-electron chi connectivity index (χ3n) is 3.51. The van der Waals surface area contributed by atoms with Crippen molar-refractivity contribution in [3.05, 3.63) is 68.2 Å². The van der Waals surface area contributed by atoms with E-state index in [1.54, 1.807) is 0 Å². The number of aromatic amines is 1. The molecule has 1 aromatic carbocycles. The van der Waals surface area contributed by atoms with Crippen LogP contribution in [-0.2, 0) is 6.42 Å². The molecule has 3 rings (SSSR count). The number of carboxylic acid groups (broad SMARTS) is 1. The Morgan fingerprint density at radius 3 is 2.68 bits per heavy atom. The molecule has 0 aliphatic heterocycles. The standard InChI is InChI=1S/C15H11BrF2N4O3/c16-12-13(21-11-1-2-19-22(11)14(12)23)10(20-15(24)25)5-7-3-8(17)6-9(18)4-7/h1-4,6,10,19-20H,5H2,(H,24,25)/t10-/m0/s1. The van der Waals surface area contributed by atoms with Gasteiger partial charge in [-0.2, -0.15) is 0 Å². The zero-order chi connectivity index (χ0) is 18.1. The van der Waals surface area contributed by atoms with Crippen molar-refractivity contribution >= 4 is 27.7 Å². The maximum Gasteiger partial charge on any atom is 0.405 e. The molecule has 0 saturated carbocycles. The SMILES string of the molecule is O=C(O)N[C@@H](Cc1cc(F)cc(F)c1)c1nc2cc[nH]n2c(=O)c1Br. The predicted molar refractivity (Wildman–Crippen MR) is 87.5 cm³/mol. The van der Waals surface area contributed by atoms with Crippen LogP contribution in [0.4, 0.5) is 13.6 Å². The second kappa shape index (κ2) is 6.63. The van der Waals surface area contributed by atoms with Crippen molar-refractivity contribution in [1.29, 1.82) is 0 Å². The summed E-state index contributed by atoms with van der Waals surface area (Å²) in [6.07, 6.45) is 0.0542. The first kappa shape index (κ1) is 17.1. The largest absolute Gasteiger partial charge is 0.465 e. The molecule has 7 nitrogen and oxygen atoms in total. The van der Waals surface area contributed by atoms with Crippen molar-refractivity contribution < 1.29 is 18.7 Å². The van der Waals surface area contributed by atoms with Gasteiger partial charge in [-0.25, -0.2) is 23.1 Å². The minimum atomic E-state index is -1.36. The second-order valence-corrected chi connectivity index (χ2v) is 6.05. The highest BCUT2D eigenvalue weighted by atomic mass is 79.9. The number of benzene rings is 1. The molecule has 0 bridgehead atoms. The van der Waals surface area contributed by atoms with Gasteiger partial charge in [-0.3, -0.25) is 9.89 Å². The van der Waals surface area contributed by atoms with Crippen LogP contribution in [0.15, 0.2) is 39.7 Å². The summed E-state index contributed by atoms with van der Waals surface area (Å²) in [5.74, 6) is -1.56. The third kappa shape index (κ3) is 3.53. The molecule has 0 spiro atoms. The molecule has 1 atom stereocenters. The monoisotopic (exact) mass is 412 g/mol. The van der Waals surface area contributed by atoms with E-state index in [0.717, 1.165) is 18.2 Å². The van der Waals surface area contributed by atoms with Gasteiger partial charge in [0.25, 0.3) is 5.56 Å². The van der Waals surface area contributed by atoms with Gasteiger partial charge in [0.05, 0.1) is 11.7 Å². The lowest BCUT2D eigenvalue weighted by Gasteiger charge is -2.18. The number of hydrogen-bond acceptors (Lipinski definition) is 3. The van der Waals surface area contributed by atoms with Crippen LogP contribution in [0.1, 0.15) is 17.3 Å². The maximum atomic E-state index is 13.4. The van der Waals surface area contributed by atoms with E-state index in [-0.39, 0.29) is 27.8 Å². The summed E-state index contributed by atoms with van der Waals surface area (Å²) in [6, 6.07) is 3.46. The summed E-state index contributed by atoms with van der Waals surface area (Å²) in [5, 5.41) is 14.0. The molecule has 2 heterocycles. The Labute approximate surface area is 147 Å². The molecule has 130 valence electrons. The van der Waals surface area contributed by atoms with E-state index < -0.39 is 29.3 Å². The number of amides is 1. The van der Waals surface area contributed by atoms with Crippen molar-refractivity contribution in [3.8, 4) is 0 Å². The predicted octanol–water partition coefficient (Wildman–Crippen LogP) is 2.61. The number of nitrogens with one attached hydrogen (secondary N) is 2. The van der Waals surface area contributed by atoms with Crippen LogP contribution in [0.3, 0.4) is 0 Å². The van der Waals surface area contributed by atoms with Gasteiger partial charge in [-0.15, -0.1) is 0 Å². The summed E-state index contributed by atoms with van der Waals surface area (Å²) < 4.78 is 28.0. The molecule has 2 aromatic heterocycles. The van der Waals surface area contributed by atoms with E-state index in [2.05, 4.69) is 31.3 Å². The van der Waals surface area contributed by atoms with Crippen LogP contribution in [0.5, 0.6) is 0 Å². The quantitative estimate of drug-likeness (QED) is 0.613. The first-order valence-electron chi connectivity index (χ1n) is 7.05. The number of aromatic nitrogens is 3. The third-order valence-corrected chi connectivity index (χ3v) is 4.25. The smallest absolute Gasteiger partial charge is 0.405 e. The normalized spacial score (nSPS) is 12.3. The molecule has 3 aromatic rings. The lowest BCUT2D eigenvalue weighted by Crippen LogP contribution is -2.31. The number of fused-ring (bicyclic) bond motifs is 1. The van der Waals surface area contributed by atoms with E-state index in [4.69, 9.17) is 5.11 Å². The van der Waals surface area contributed by atoms with Gasteiger partial charge in [0.1, 0.15) is 16.1 Å². The van der Waals surface area contributed by atoms with Crippen molar-refractivity contribution in [2.24, 2.45) is 0 Å². The van der Waals surface area contributed by atoms with E-state index in [1.807, 2.05) is 0 Å². The minimum Gasteiger partial charge on any atom is -0.465 e. The Balaban J connectivity index is 2.08. The number of carbonyl (C=O) groups is 1. The molecule has 0 saturated heterocycles. The van der Waals surface area contributed by atoms with Gasteiger partial charge in [0.2, 0.25) is 0 Å². The fourth-order valence-electron chi connectivity index (χ4n) is 2.52. The summed E-state index contributed by atoms with van der Waals surface area (Å²) >= 11 is 3.12.